The number of nitrogens with one attached hydrogen (secondary N) is 1. The van der Waals surface area contributed by atoms with Gasteiger partial charge < -0.3 is 10.1 Å². The maximum Gasteiger partial charge on any atom is 0.320 e. The number of ether oxygens (including phenoxy) is 1. The molecule has 2 unspecified atom stereocenters. The first kappa shape index (κ1) is 7.88. The van der Waals surface area contributed by atoms with Crippen LogP contribution in [0.15, 0.2) is 0 Å². The summed E-state index contributed by atoms with van der Waals surface area (Å²) in [7, 11) is 1.42. The third kappa shape index (κ3) is 1.64. The molecule has 0 aromatic heterocycles. The zero-order valence-electron chi connectivity index (χ0n) is 6.09. The van der Waals surface area contributed by atoms with Crippen LogP contribution in [0.25, 0.3) is 0 Å². The normalized spacial score (nSPS) is 32.2. The van der Waals surface area contributed by atoms with Crippen molar-refractivity contribution in [3.8, 4) is 0 Å². The van der Waals surface area contributed by atoms with E-state index in [1.807, 2.05) is 6.92 Å². The summed E-state index contributed by atoms with van der Waals surface area (Å²) in [5.41, 5.74) is 0. The summed E-state index contributed by atoms with van der Waals surface area (Å²) in [6.07, 6.45) is 0. The molecule has 0 amide bonds. The Hall–Kier alpha value is -0.220. The van der Waals surface area contributed by atoms with Crippen LogP contribution in [-0.2, 0) is 9.53 Å². The van der Waals surface area contributed by atoms with E-state index in [1.54, 1.807) is 11.8 Å². The van der Waals surface area contributed by atoms with E-state index in [9.17, 15) is 4.79 Å². The molecule has 58 valence electrons. The zero-order valence-corrected chi connectivity index (χ0v) is 6.90. The van der Waals surface area contributed by atoms with Crippen molar-refractivity contribution in [2.45, 2.75) is 17.5 Å². The Balaban J connectivity index is 2.37. The lowest BCUT2D eigenvalue weighted by atomic mass is 10.4. The molecule has 1 N–H and O–H groups in total. The van der Waals surface area contributed by atoms with Crippen molar-refractivity contribution in [2.24, 2.45) is 0 Å². The first-order chi connectivity index (χ1) is 4.74. The molecule has 10 heavy (non-hydrogen) atoms. The largest absolute Gasteiger partial charge is 0.468 e. The summed E-state index contributed by atoms with van der Waals surface area (Å²) in [4.78, 5) is 10.9. The SMILES string of the molecule is COC(=O)C1CNC(C)S1. The lowest BCUT2D eigenvalue weighted by Crippen LogP contribution is -2.23. The molecule has 1 aliphatic rings. The maximum atomic E-state index is 10.9. The Morgan fingerprint density at radius 1 is 1.80 bits per heavy atom. The van der Waals surface area contributed by atoms with Gasteiger partial charge in [0.15, 0.2) is 0 Å². The summed E-state index contributed by atoms with van der Waals surface area (Å²) in [5, 5.41) is 3.53. The maximum absolute atomic E-state index is 10.9. The van der Waals surface area contributed by atoms with Crippen molar-refractivity contribution >= 4 is 17.7 Å². The predicted octanol–water partition coefficient (Wildman–Crippen LogP) is 0.210. The second-order valence-corrected chi connectivity index (χ2v) is 3.75. The smallest absolute Gasteiger partial charge is 0.320 e. The van der Waals surface area contributed by atoms with Crippen molar-refractivity contribution in [1.29, 1.82) is 0 Å². The molecule has 0 aromatic rings. The molecule has 1 aliphatic heterocycles. The number of carbonyl (C=O) groups excluding carboxylic acids is 1. The summed E-state index contributed by atoms with van der Waals surface area (Å²) >= 11 is 1.61. The number of thioether (sulfide) groups is 1. The van der Waals surface area contributed by atoms with Gasteiger partial charge in [-0.05, 0) is 6.92 Å². The zero-order chi connectivity index (χ0) is 7.56. The molecule has 2 atom stereocenters. The van der Waals surface area contributed by atoms with Gasteiger partial charge in [-0.2, -0.15) is 0 Å². The van der Waals surface area contributed by atoms with E-state index in [2.05, 4.69) is 10.1 Å². The number of esters is 1. The van der Waals surface area contributed by atoms with Crippen LogP contribution in [-0.4, -0.2) is 30.2 Å². The molecular formula is C6H11NO2S. The van der Waals surface area contributed by atoms with Gasteiger partial charge in [-0.3, -0.25) is 4.79 Å². The third-order valence-corrected chi connectivity index (χ3v) is 2.69. The number of rotatable bonds is 1. The van der Waals surface area contributed by atoms with E-state index >= 15 is 0 Å². The fourth-order valence-corrected chi connectivity index (χ4v) is 1.97. The van der Waals surface area contributed by atoms with E-state index < -0.39 is 0 Å². The fraction of sp³-hybridized carbons (Fsp3) is 0.833. The van der Waals surface area contributed by atoms with E-state index in [1.165, 1.54) is 7.11 Å². The molecule has 0 spiro atoms. The van der Waals surface area contributed by atoms with Gasteiger partial charge in [0.25, 0.3) is 0 Å². The summed E-state index contributed by atoms with van der Waals surface area (Å²) < 4.78 is 4.58. The average Bonchev–Trinajstić information content (AvgIpc) is 2.34. The van der Waals surface area contributed by atoms with Crippen molar-refractivity contribution in [3.63, 3.8) is 0 Å². The monoisotopic (exact) mass is 161 g/mol. The molecule has 4 heteroatoms. The highest BCUT2D eigenvalue weighted by Crippen LogP contribution is 2.22. The van der Waals surface area contributed by atoms with Crippen molar-refractivity contribution < 1.29 is 9.53 Å². The molecule has 0 aromatic carbocycles. The van der Waals surface area contributed by atoms with Crippen LogP contribution in [0.5, 0.6) is 0 Å². The van der Waals surface area contributed by atoms with Crippen molar-refractivity contribution in [2.75, 3.05) is 13.7 Å². The summed E-state index contributed by atoms with van der Waals surface area (Å²) in [6, 6.07) is 0. The third-order valence-electron chi connectivity index (χ3n) is 1.42. The highest BCUT2D eigenvalue weighted by atomic mass is 32.2. The van der Waals surface area contributed by atoms with Gasteiger partial charge in [0.05, 0.1) is 12.5 Å². The first-order valence-corrected chi connectivity index (χ1v) is 4.15. The molecule has 1 saturated heterocycles. The molecule has 1 heterocycles. The quantitative estimate of drug-likeness (QED) is 0.558. The van der Waals surface area contributed by atoms with Crippen molar-refractivity contribution in [1.82, 2.24) is 5.32 Å². The highest BCUT2D eigenvalue weighted by Gasteiger charge is 2.27. The number of carbonyl (C=O) groups is 1. The molecular weight excluding hydrogens is 150 g/mol. The lowest BCUT2D eigenvalue weighted by Gasteiger charge is -2.03. The molecule has 0 radical (unpaired) electrons. The van der Waals surface area contributed by atoms with Crippen LogP contribution < -0.4 is 5.32 Å². The lowest BCUT2D eigenvalue weighted by molar-refractivity contribution is -0.139. The first-order valence-electron chi connectivity index (χ1n) is 3.20. The summed E-state index contributed by atoms with van der Waals surface area (Å²) in [5.74, 6) is -0.123. The van der Waals surface area contributed by atoms with Gasteiger partial charge >= 0.3 is 5.97 Å². The number of hydrogen-bond donors (Lipinski definition) is 1. The standard InChI is InChI=1S/C6H11NO2S/c1-4-7-3-5(10-4)6(8)9-2/h4-5,7H,3H2,1-2H3. The van der Waals surface area contributed by atoms with Gasteiger partial charge in [-0.1, -0.05) is 0 Å². The van der Waals surface area contributed by atoms with E-state index in [0.717, 1.165) is 6.54 Å². The van der Waals surface area contributed by atoms with Gasteiger partial charge in [0.2, 0.25) is 0 Å². The van der Waals surface area contributed by atoms with E-state index in [0.29, 0.717) is 5.37 Å². The Bertz CT molecular complexity index is 140. The topological polar surface area (TPSA) is 38.3 Å². The van der Waals surface area contributed by atoms with Gasteiger partial charge in [0.1, 0.15) is 5.25 Å². The minimum Gasteiger partial charge on any atom is -0.468 e. The van der Waals surface area contributed by atoms with Crippen LogP contribution in [0.4, 0.5) is 0 Å². The molecule has 0 bridgehead atoms. The second-order valence-electron chi connectivity index (χ2n) is 2.20. The van der Waals surface area contributed by atoms with Crippen molar-refractivity contribution in [3.05, 3.63) is 0 Å². The molecule has 3 nitrogen and oxygen atoms in total. The minimum absolute atomic E-state index is 0.000000000000000444. The fourth-order valence-electron chi connectivity index (χ4n) is 0.886. The van der Waals surface area contributed by atoms with E-state index in [-0.39, 0.29) is 11.2 Å². The molecule has 1 fully saturated rings. The van der Waals surface area contributed by atoms with Gasteiger partial charge in [-0.25, -0.2) is 0 Å². The molecule has 0 saturated carbocycles. The Kier molecular flexibility index (Phi) is 2.56. The van der Waals surface area contributed by atoms with Crippen LogP contribution >= 0.6 is 11.8 Å². The van der Waals surface area contributed by atoms with Crippen LogP contribution in [0.2, 0.25) is 0 Å². The van der Waals surface area contributed by atoms with Crippen LogP contribution in [0.3, 0.4) is 0 Å². The van der Waals surface area contributed by atoms with Crippen LogP contribution in [0.1, 0.15) is 6.92 Å². The Morgan fingerprint density at radius 2 is 2.50 bits per heavy atom. The Morgan fingerprint density at radius 3 is 2.90 bits per heavy atom. The number of hydrogen-bond acceptors (Lipinski definition) is 4. The Labute approximate surface area is 64.5 Å². The second kappa shape index (κ2) is 3.25. The molecule has 1 rings (SSSR count). The highest BCUT2D eigenvalue weighted by molar-refractivity contribution is 8.01. The van der Waals surface area contributed by atoms with Crippen LogP contribution in [0, 0.1) is 0 Å². The molecule has 0 aliphatic carbocycles. The summed E-state index contributed by atoms with van der Waals surface area (Å²) in [6.45, 7) is 2.77. The predicted molar refractivity (Wildman–Crippen MR) is 40.9 cm³/mol. The average molecular weight is 161 g/mol. The van der Waals surface area contributed by atoms with Gasteiger partial charge in [-0.15, -0.1) is 11.8 Å². The minimum atomic E-state index is -0.123. The van der Waals surface area contributed by atoms with Gasteiger partial charge in [0, 0.05) is 6.54 Å². The van der Waals surface area contributed by atoms with E-state index in [4.69, 9.17) is 0 Å². The number of methoxy groups -OCH3 is 1.